The molecule has 0 bridgehead atoms. The highest BCUT2D eigenvalue weighted by Crippen LogP contribution is 2.30. The number of rotatable bonds is 5. The highest BCUT2D eigenvalue weighted by molar-refractivity contribution is 7.89. The van der Waals surface area contributed by atoms with Gasteiger partial charge in [0, 0.05) is 38.4 Å². The van der Waals surface area contributed by atoms with Crippen LogP contribution in [-0.2, 0) is 29.8 Å². The third-order valence-electron chi connectivity index (χ3n) is 4.18. The largest absolute Gasteiger partial charge is 0.435 e. The number of likely N-dealkylation sites (tertiary alicyclic amines) is 1. The Hall–Kier alpha value is -1.82. The second-order valence-corrected chi connectivity index (χ2v) is 8.24. The zero-order valence-corrected chi connectivity index (χ0v) is 15.3. The van der Waals surface area contributed by atoms with Gasteiger partial charge < -0.3 is 10.2 Å². The molecule has 0 saturated carbocycles. The van der Waals surface area contributed by atoms with E-state index in [9.17, 15) is 26.4 Å². The van der Waals surface area contributed by atoms with Crippen molar-refractivity contribution in [2.24, 2.45) is 13.0 Å². The fourth-order valence-corrected chi connectivity index (χ4v) is 4.03. The van der Waals surface area contributed by atoms with Crippen molar-refractivity contribution in [2.75, 3.05) is 25.9 Å². The number of urea groups is 1. The van der Waals surface area contributed by atoms with Gasteiger partial charge in [-0.1, -0.05) is 0 Å². The first-order valence-corrected chi connectivity index (χ1v) is 9.71. The maximum atomic E-state index is 12.9. The van der Waals surface area contributed by atoms with Gasteiger partial charge in [-0.25, -0.2) is 17.9 Å². The van der Waals surface area contributed by atoms with Crippen molar-refractivity contribution in [1.82, 2.24) is 24.7 Å². The van der Waals surface area contributed by atoms with E-state index in [1.54, 1.807) is 0 Å². The van der Waals surface area contributed by atoms with Gasteiger partial charge in [-0.3, -0.25) is 4.68 Å². The quantitative estimate of drug-likeness (QED) is 0.772. The maximum absolute atomic E-state index is 12.9. The Labute approximate surface area is 149 Å². The molecule has 0 aromatic carbocycles. The molecule has 1 aliphatic rings. The van der Waals surface area contributed by atoms with E-state index in [4.69, 9.17) is 0 Å². The maximum Gasteiger partial charge on any atom is 0.435 e. The molecule has 1 aromatic rings. The Morgan fingerprint density at radius 3 is 2.73 bits per heavy atom. The SMILES string of the molecule is CNS(=O)(=O)CC1CCCN(C(=O)NCc2cn(C)nc2C(F)(F)F)C1. The number of amides is 2. The van der Waals surface area contributed by atoms with Crippen molar-refractivity contribution < 1.29 is 26.4 Å². The van der Waals surface area contributed by atoms with Gasteiger partial charge in [0.05, 0.1) is 5.75 Å². The van der Waals surface area contributed by atoms with Crippen molar-refractivity contribution in [2.45, 2.75) is 25.6 Å². The first-order chi connectivity index (χ1) is 12.0. The number of aromatic nitrogens is 2. The number of halogens is 3. The standard InChI is InChI=1S/C14H22F3N5O3S/c1-18-26(24,25)9-10-4-3-5-22(7-10)13(23)19-6-11-8-21(2)20-12(11)14(15,16)17/h8,10,18H,3-7,9H2,1-2H3,(H,19,23). The summed E-state index contributed by atoms with van der Waals surface area (Å²) in [5, 5.41) is 5.85. The number of hydrogen-bond donors (Lipinski definition) is 2. The number of piperidine rings is 1. The Balaban J connectivity index is 1.96. The number of carbonyl (C=O) groups excluding carboxylic acids is 1. The number of nitrogens with one attached hydrogen (secondary N) is 2. The summed E-state index contributed by atoms with van der Waals surface area (Å²) in [6, 6.07) is -0.520. The van der Waals surface area contributed by atoms with Crippen molar-refractivity contribution in [3.63, 3.8) is 0 Å². The normalized spacial score (nSPS) is 18.8. The fourth-order valence-electron chi connectivity index (χ4n) is 2.97. The lowest BCUT2D eigenvalue weighted by Gasteiger charge is -2.32. The van der Waals surface area contributed by atoms with Crippen LogP contribution in [0.2, 0.25) is 0 Å². The summed E-state index contributed by atoms with van der Waals surface area (Å²) in [5.41, 5.74) is -1.16. The summed E-state index contributed by atoms with van der Waals surface area (Å²) in [5.74, 6) is -0.301. The monoisotopic (exact) mass is 397 g/mol. The molecule has 2 N–H and O–H groups in total. The lowest BCUT2D eigenvalue weighted by Crippen LogP contribution is -2.47. The van der Waals surface area contributed by atoms with Gasteiger partial charge in [-0.15, -0.1) is 0 Å². The summed E-state index contributed by atoms with van der Waals surface area (Å²) in [6.45, 7) is 0.366. The van der Waals surface area contributed by atoms with Crippen LogP contribution in [0.5, 0.6) is 0 Å². The molecular formula is C14H22F3N5O3S. The average Bonchev–Trinajstić information content (AvgIpc) is 2.93. The molecular weight excluding hydrogens is 375 g/mol. The Kier molecular flexibility index (Phi) is 6.17. The molecule has 1 unspecified atom stereocenters. The second kappa shape index (κ2) is 7.82. The Bertz CT molecular complexity index is 747. The molecule has 12 heteroatoms. The summed E-state index contributed by atoms with van der Waals surface area (Å²) in [6.07, 6.45) is -2.08. The van der Waals surface area contributed by atoms with Crippen LogP contribution in [0.25, 0.3) is 0 Å². The highest BCUT2D eigenvalue weighted by Gasteiger charge is 2.37. The number of alkyl halides is 3. The summed E-state index contributed by atoms with van der Waals surface area (Å²) in [7, 11) is -0.686. The van der Waals surface area contributed by atoms with E-state index in [-0.39, 0.29) is 30.3 Å². The van der Waals surface area contributed by atoms with Gasteiger partial charge in [0.15, 0.2) is 5.69 Å². The molecule has 1 aromatic heterocycles. The molecule has 0 radical (unpaired) electrons. The van der Waals surface area contributed by atoms with Crippen molar-refractivity contribution >= 4 is 16.1 Å². The molecule has 1 atom stereocenters. The van der Waals surface area contributed by atoms with Gasteiger partial charge >= 0.3 is 12.2 Å². The molecule has 0 aliphatic carbocycles. The van der Waals surface area contributed by atoms with Crippen molar-refractivity contribution in [3.8, 4) is 0 Å². The molecule has 26 heavy (non-hydrogen) atoms. The molecule has 148 valence electrons. The summed E-state index contributed by atoms with van der Waals surface area (Å²) in [4.78, 5) is 13.7. The number of aryl methyl sites for hydroxylation is 1. The van der Waals surface area contributed by atoms with Crippen LogP contribution in [0.3, 0.4) is 0 Å². The molecule has 1 aliphatic heterocycles. The first kappa shape index (κ1) is 20.5. The van der Waals surface area contributed by atoms with E-state index in [0.717, 1.165) is 4.68 Å². The lowest BCUT2D eigenvalue weighted by molar-refractivity contribution is -0.142. The van der Waals surface area contributed by atoms with E-state index in [1.807, 2.05) is 0 Å². The molecule has 0 spiro atoms. The molecule has 1 fully saturated rings. The van der Waals surface area contributed by atoms with E-state index in [2.05, 4.69) is 15.1 Å². The van der Waals surface area contributed by atoms with Crippen LogP contribution in [0.1, 0.15) is 24.1 Å². The zero-order valence-electron chi connectivity index (χ0n) is 14.5. The average molecular weight is 397 g/mol. The first-order valence-electron chi connectivity index (χ1n) is 8.05. The van der Waals surface area contributed by atoms with E-state index < -0.39 is 27.9 Å². The van der Waals surface area contributed by atoms with Crippen LogP contribution >= 0.6 is 0 Å². The van der Waals surface area contributed by atoms with E-state index >= 15 is 0 Å². The van der Waals surface area contributed by atoms with Crippen molar-refractivity contribution in [1.29, 1.82) is 0 Å². The van der Waals surface area contributed by atoms with E-state index in [1.165, 1.54) is 25.2 Å². The third kappa shape index (κ3) is 5.34. The topological polar surface area (TPSA) is 96.3 Å². The Morgan fingerprint density at radius 1 is 1.42 bits per heavy atom. The van der Waals surface area contributed by atoms with Crippen LogP contribution in [0.4, 0.5) is 18.0 Å². The van der Waals surface area contributed by atoms with Crippen molar-refractivity contribution in [3.05, 3.63) is 17.5 Å². The summed E-state index contributed by atoms with van der Waals surface area (Å²) < 4.78 is 65.3. The minimum atomic E-state index is -4.60. The van der Waals surface area contributed by atoms with Crippen LogP contribution in [0, 0.1) is 5.92 Å². The number of hydrogen-bond acceptors (Lipinski definition) is 4. The Morgan fingerprint density at radius 2 is 2.12 bits per heavy atom. The predicted molar refractivity (Wildman–Crippen MR) is 87.6 cm³/mol. The molecule has 1 saturated heterocycles. The molecule has 2 rings (SSSR count). The number of sulfonamides is 1. The molecule has 2 heterocycles. The molecule has 2 amide bonds. The predicted octanol–water partition coefficient (Wildman–Crippen LogP) is 0.910. The minimum absolute atomic E-state index is 0.0892. The smallest absolute Gasteiger partial charge is 0.334 e. The lowest BCUT2D eigenvalue weighted by atomic mass is 10.0. The third-order valence-corrected chi connectivity index (χ3v) is 5.71. The van der Waals surface area contributed by atoms with Gasteiger partial charge in [0.2, 0.25) is 10.0 Å². The second-order valence-electron chi connectivity index (χ2n) is 6.27. The van der Waals surface area contributed by atoms with Gasteiger partial charge in [0.25, 0.3) is 0 Å². The van der Waals surface area contributed by atoms with Crippen LogP contribution < -0.4 is 10.0 Å². The minimum Gasteiger partial charge on any atom is -0.334 e. The van der Waals surface area contributed by atoms with Crippen LogP contribution in [0.15, 0.2) is 6.20 Å². The van der Waals surface area contributed by atoms with Gasteiger partial charge in [-0.05, 0) is 25.8 Å². The van der Waals surface area contributed by atoms with Gasteiger partial charge in [0.1, 0.15) is 0 Å². The van der Waals surface area contributed by atoms with Gasteiger partial charge in [-0.2, -0.15) is 18.3 Å². The number of nitrogens with zero attached hydrogens (tertiary/aromatic N) is 3. The highest BCUT2D eigenvalue weighted by atomic mass is 32.2. The fraction of sp³-hybridized carbons (Fsp3) is 0.714. The molecule has 8 nitrogen and oxygen atoms in total. The van der Waals surface area contributed by atoms with E-state index in [0.29, 0.717) is 19.4 Å². The summed E-state index contributed by atoms with van der Waals surface area (Å²) >= 11 is 0. The number of carbonyl (C=O) groups is 1. The zero-order chi connectivity index (χ0) is 19.5. The van der Waals surface area contributed by atoms with Crippen LogP contribution in [-0.4, -0.2) is 55.0 Å².